The number of anilines is 1. The Kier molecular flexibility index (Phi) is 8.48. The number of aliphatic hydroxyl groups excluding tert-OH is 1. The lowest BCUT2D eigenvalue weighted by molar-refractivity contribution is 0.0356. The molecule has 3 atom stereocenters. The number of likely N-dealkylation sites (N-methyl/N-ethyl adjacent to an activating group) is 1. The molecule has 2 N–H and O–H groups in total. The number of fused-ring (bicyclic) bond motifs is 1. The number of methoxy groups -OCH3 is 1. The fourth-order valence-corrected chi connectivity index (χ4v) is 4.35. The SMILES string of the molecule is COc1ccc(-c2cnc3c(c2)C(=O)N([C@H](C)CO)C[C@H](C)[C@H](CN(C)C(=O)Nc2ccccc2)O3)cc1. The predicted molar refractivity (Wildman–Crippen MR) is 145 cm³/mol. The Hall–Kier alpha value is -4.11. The number of aliphatic hydroxyl groups is 1. The first-order valence-electron chi connectivity index (χ1n) is 12.6. The second kappa shape index (κ2) is 12.0. The Bertz CT molecular complexity index is 1250. The van der Waals surface area contributed by atoms with Crippen LogP contribution in [-0.2, 0) is 0 Å². The number of aromatic nitrogens is 1. The first-order chi connectivity index (χ1) is 18.3. The standard InChI is InChI=1S/C29H34N4O5/c1-19-16-33(20(2)18-34)28(35)25-14-22(21-10-12-24(37-4)13-11-21)15-30-27(25)38-26(19)17-32(3)29(36)31-23-8-6-5-7-9-23/h5-15,19-20,26,34H,16-18H2,1-4H3,(H,31,36)/t19-,20+,26-/m0/s1. The Morgan fingerprint density at radius 3 is 2.58 bits per heavy atom. The Morgan fingerprint density at radius 2 is 1.92 bits per heavy atom. The number of ether oxygens (including phenoxy) is 2. The average molecular weight is 519 g/mol. The third kappa shape index (κ3) is 6.06. The lowest BCUT2D eigenvalue weighted by Gasteiger charge is -2.37. The van der Waals surface area contributed by atoms with Crippen LogP contribution in [0.3, 0.4) is 0 Å². The fourth-order valence-electron chi connectivity index (χ4n) is 4.35. The Labute approximate surface area is 223 Å². The van der Waals surface area contributed by atoms with Crippen LogP contribution in [0, 0.1) is 5.92 Å². The van der Waals surface area contributed by atoms with Crippen molar-refractivity contribution >= 4 is 17.6 Å². The van der Waals surface area contributed by atoms with Gasteiger partial charge < -0.3 is 29.7 Å². The molecule has 2 heterocycles. The van der Waals surface area contributed by atoms with E-state index in [0.717, 1.165) is 16.9 Å². The zero-order valence-electron chi connectivity index (χ0n) is 22.1. The number of benzene rings is 2. The first-order valence-corrected chi connectivity index (χ1v) is 12.6. The monoisotopic (exact) mass is 518 g/mol. The number of nitrogens with one attached hydrogen (secondary N) is 1. The molecule has 1 aromatic heterocycles. The van der Waals surface area contributed by atoms with Crippen molar-refractivity contribution in [3.05, 3.63) is 72.4 Å². The molecule has 9 nitrogen and oxygen atoms in total. The lowest BCUT2D eigenvalue weighted by atomic mass is 9.99. The van der Waals surface area contributed by atoms with E-state index in [2.05, 4.69) is 10.3 Å². The molecule has 3 aromatic rings. The number of para-hydroxylation sites is 1. The Balaban J connectivity index is 1.63. The molecule has 0 fully saturated rings. The summed E-state index contributed by atoms with van der Waals surface area (Å²) in [6.07, 6.45) is 1.23. The molecule has 0 saturated carbocycles. The third-order valence-electron chi connectivity index (χ3n) is 6.77. The maximum absolute atomic E-state index is 13.7. The third-order valence-corrected chi connectivity index (χ3v) is 6.77. The highest BCUT2D eigenvalue weighted by molar-refractivity contribution is 5.98. The van der Waals surface area contributed by atoms with Crippen molar-refractivity contribution in [1.29, 1.82) is 0 Å². The quantitative estimate of drug-likeness (QED) is 0.487. The normalized spacial score (nSPS) is 17.9. The molecule has 4 rings (SSSR count). The van der Waals surface area contributed by atoms with Gasteiger partial charge in [-0.05, 0) is 42.8 Å². The first kappa shape index (κ1) is 26.9. The number of pyridine rings is 1. The molecule has 0 radical (unpaired) electrons. The van der Waals surface area contributed by atoms with Crippen LogP contribution in [0.2, 0.25) is 0 Å². The summed E-state index contributed by atoms with van der Waals surface area (Å²) in [7, 11) is 3.31. The van der Waals surface area contributed by atoms with Gasteiger partial charge in [0.05, 0.1) is 26.3 Å². The fraction of sp³-hybridized carbons (Fsp3) is 0.345. The van der Waals surface area contributed by atoms with Crippen molar-refractivity contribution in [2.24, 2.45) is 5.92 Å². The molecule has 2 aromatic carbocycles. The van der Waals surface area contributed by atoms with Crippen molar-refractivity contribution in [2.45, 2.75) is 26.0 Å². The van der Waals surface area contributed by atoms with Crippen LogP contribution in [-0.4, -0.2) is 77.8 Å². The van der Waals surface area contributed by atoms with Crippen LogP contribution < -0.4 is 14.8 Å². The van der Waals surface area contributed by atoms with Gasteiger partial charge in [-0.15, -0.1) is 0 Å². The number of hydrogen-bond acceptors (Lipinski definition) is 6. The molecule has 0 aliphatic carbocycles. The molecule has 0 bridgehead atoms. The summed E-state index contributed by atoms with van der Waals surface area (Å²) in [6.45, 7) is 4.23. The molecule has 0 unspecified atom stereocenters. The van der Waals surface area contributed by atoms with Crippen LogP contribution in [0.15, 0.2) is 66.9 Å². The molecule has 9 heteroatoms. The van der Waals surface area contributed by atoms with Crippen LogP contribution in [0.5, 0.6) is 11.6 Å². The molecule has 0 saturated heterocycles. The van der Waals surface area contributed by atoms with Crippen LogP contribution in [0.1, 0.15) is 24.2 Å². The van der Waals surface area contributed by atoms with Crippen LogP contribution >= 0.6 is 0 Å². The molecular weight excluding hydrogens is 484 g/mol. The van der Waals surface area contributed by atoms with Crippen LogP contribution in [0.4, 0.5) is 10.5 Å². The number of urea groups is 1. The van der Waals surface area contributed by atoms with Gasteiger partial charge in [0, 0.05) is 37.0 Å². The van der Waals surface area contributed by atoms with Gasteiger partial charge in [-0.25, -0.2) is 9.78 Å². The van der Waals surface area contributed by atoms with Crippen LogP contribution in [0.25, 0.3) is 11.1 Å². The van der Waals surface area contributed by atoms with E-state index in [1.54, 1.807) is 36.2 Å². The number of hydrogen-bond donors (Lipinski definition) is 2. The highest BCUT2D eigenvalue weighted by Crippen LogP contribution is 2.31. The molecule has 0 spiro atoms. The molecule has 1 aliphatic heterocycles. The highest BCUT2D eigenvalue weighted by atomic mass is 16.5. The van der Waals surface area contributed by atoms with Gasteiger partial charge in [-0.3, -0.25) is 4.79 Å². The maximum atomic E-state index is 13.7. The molecule has 3 amide bonds. The Morgan fingerprint density at radius 1 is 1.21 bits per heavy atom. The summed E-state index contributed by atoms with van der Waals surface area (Å²) < 4.78 is 11.6. The summed E-state index contributed by atoms with van der Waals surface area (Å²) in [6, 6.07) is 17.8. The summed E-state index contributed by atoms with van der Waals surface area (Å²) in [5.74, 6) is 0.532. The highest BCUT2D eigenvalue weighted by Gasteiger charge is 2.34. The molecular formula is C29H34N4O5. The average Bonchev–Trinajstić information content (AvgIpc) is 2.94. The number of rotatable bonds is 7. The van der Waals surface area contributed by atoms with Gasteiger partial charge in [0.15, 0.2) is 0 Å². The van der Waals surface area contributed by atoms with E-state index in [1.807, 2.05) is 68.4 Å². The second-order valence-electron chi connectivity index (χ2n) is 9.60. The van der Waals surface area contributed by atoms with E-state index in [4.69, 9.17) is 9.47 Å². The summed E-state index contributed by atoms with van der Waals surface area (Å²) in [4.78, 5) is 34.3. The summed E-state index contributed by atoms with van der Waals surface area (Å²) in [5.41, 5.74) is 2.64. The number of amides is 3. The van der Waals surface area contributed by atoms with Gasteiger partial charge in [0.1, 0.15) is 17.4 Å². The van der Waals surface area contributed by atoms with E-state index >= 15 is 0 Å². The van der Waals surface area contributed by atoms with Gasteiger partial charge in [0.2, 0.25) is 5.88 Å². The van der Waals surface area contributed by atoms with E-state index in [1.165, 1.54) is 0 Å². The van der Waals surface area contributed by atoms with Gasteiger partial charge in [-0.1, -0.05) is 37.3 Å². The minimum atomic E-state index is -0.443. The largest absolute Gasteiger partial charge is 0.497 e. The van der Waals surface area contributed by atoms with Crippen molar-refractivity contribution in [2.75, 3.05) is 39.2 Å². The zero-order chi connectivity index (χ0) is 27.2. The van der Waals surface area contributed by atoms with E-state index in [0.29, 0.717) is 17.8 Å². The smallest absolute Gasteiger partial charge is 0.321 e. The minimum Gasteiger partial charge on any atom is -0.497 e. The predicted octanol–water partition coefficient (Wildman–Crippen LogP) is 4.14. The molecule has 1 aliphatic rings. The maximum Gasteiger partial charge on any atom is 0.321 e. The topological polar surface area (TPSA) is 104 Å². The van der Waals surface area contributed by atoms with Crippen molar-refractivity contribution < 1.29 is 24.2 Å². The summed E-state index contributed by atoms with van der Waals surface area (Å²) >= 11 is 0. The number of carbonyl (C=O) groups excluding carboxylic acids is 2. The second-order valence-corrected chi connectivity index (χ2v) is 9.60. The van der Waals surface area contributed by atoms with Gasteiger partial charge in [-0.2, -0.15) is 0 Å². The van der Waals surface area contributed by atoms with E-state index in [-0.39, 0.29) is 36.9 Å². The van der Waals surface area contributed by atoms with Gasteiger partial charge in [0.25, 0.3) is 5.91 Å². The van der Waals surface area contributed by atoms with Crippen molar-refractivity contribution in [1.82, 2.24) is 14.8 Å². The lowest BCUT2D eigenvalue weighted by Crippen LogP contribution is -2.50. The molecule has 200 valence electrons. The van der Waals surface area contributed by atoms with Crippen molar-refractivity contribution in [3.63, 3.8) is 0 Å². The van der Waals surface area contributed by atoms with Crippen molar-refractivity contribution in [3.8, 4) is 22.8 Å². The summed E-state index contributed by atoms with van der Waals surface area (Å²) in [5, 5.41) is 12.8. The zero-order valence-corrected chi connectivity index (χ0v) is 22.1. The minimum absolute atomic E-state index is 0.142. The van der Waals surface area contributed by atoms with E-state index < -0.39 is 12.1 Å². The molecule has 38 heavy (non-hydrogen) atoms. The van der Waals surface area contributed by atoms with E-state index in [9.17, 15) is 14.7 Å². The number of nitrogens with zero attached hydrogens (tertiary/aromatic N) is 3. The number of carbonyl (C=O) groups is 2. The van der Waals surface area contributed by atoms with Gasteiger partial charge >= 0.3 is 6.03 Å².